The summed E-state index contributed by atoms with van der Waals surface area (Å²) < 4.78 is 10.5. The molecule has 0 bridgehead atoms. The van der Waals surface area contributed by atoms with Gasteiger partial charge in [-0.25, -0.2) is 0 Å². The van der Waals surface area contributed by atoms with E-state index in [-0.39, 0.29) is 0 Å². The van der Waals surface area contributed by atoms with Crippen molar-refractivity contribution in [3.8, 4) is 11.5 Å². The number of methoxy groups -OCH3 is 2. The molecule has 1 unspecified atom stereocenters. The first kappa shape index (κ1) is 12.5. The van der Waals surface area contributed by atoms with Crippen LogP contribution in [0.1, 0.15) is 18.4 Å². The highest BCUT2D eigenvalue weighted by molar-refractivity contribution is 6.32. The molecule has 0 saturated carbocycles. The lowest BCUT2D eigenvalue weighted by atomic mass is 10.0. The highest BCUT2D eigenvalue weighted by atomic mass is 35.5. The first-order chi connectivity index (χ1) is 8.24. The molecule has 3 nitrogen and oxygen atoms in total. The van der Waals surface area contributed by atoms with Crippen LogP contribution in [-0.2, 0) is 6.42 Å². The molecule has 0 aromatic heterocycles. The summed E-state index contributed by atoms with van der Waals surface area (Å²) in [6.07, 6.45) is 3.47. The van der Waals surface area contributed by atoms with E-state index in [0.717, 1.165) is 13.0 Å². The molecule has 1 aliphatic heterocycles. The number of rotatable bonds is 4. The van der Waals surface area contributed by atoms with Gasteiger partial charge in [0.25, 0.3) is 0 Å². The molecule has 0 spiro atoms. The summed E-state index contributed by atoms with van der Waals surface area (Å²) in [5, 5.41) is 4.09. The zero-order chi connectivity index (χ0) is 12.3. The summed E-state index contributed by atoms with van der Waals surface area (Å²) >= 11 is 6.17. The Balaban J connectivity index is 2.19. The summed E-state index contributed by atoms with van der Waals surface area (Å²) in [5.41, 5.74) is 1.19. The van der Waals surface area contributed by atoms with Crippen molar-refractivity contribution in [3.05, 3.63) is 22.7 Å². The SMILES string of the molecule is COc1cc(CC2CCCN2)cc(Cl)c1OC. The van der Waals surface area contributed by atoms with Crippen molar-refractivity contribution in [2.75, 3.05) is 20.8 Å². The molecule has 0 aliphatic carbocycles. The minimum atomic E-state index is 0.559. The van der Waals surface area contributed by atoms with Crippen molar-refractivity contribution in [2.45, 2.75) is 25.3 Å². The van der Waals surface area contributed by atoms with Crippen molar-refractivity contribution >= 4 is 11.6 Å². The monoisotopic (exact) mass is 255 g/mol. The van der Waals surface area contributed by atoms with E-state index in [1.165, 1.54) is 18.4 Å². The highest BCUT2D eigenvalue weighted by Gasteiger charge is 2.17. The maximum atomic E-state index is 6.17. The standard InChI is InChI=1S/C13H18ClNO2/c1-16-12-8-9(6-10-4-3-5-15-10)7-11(14)13(12)17-2/h7-8,10,15H,3-6H2,1-2H3. The summed E-state index contributed by atoms with van der Waals surface area (Å²) in [5.74, 6) is 1.31. The van der Waals surface area contributed by atoms with Crippen LogP contribution in [0.5, 0.6) is 11.5 Å². The van der Waals surface area contributed by atoms with Crippen molar-refractivity contribution in [1.82, 2.24) is 5.32 Å². The van der Waals surface area contributed by atoms with Crippen molar-refractivity contribution in [3.63, 3.8) is 0 Å². The molecule has 1 heterocycles. The lowest BCUT2D eigenvalue weighted by molar-refractivity contribution is 0.354. The average molecular weight is 256 g/mol. The fourth-order valence-electron chi connectivity index (χ4n) is 2.30. The average Bonchev–Trinajstić information content (AvgIpc) is 2.81. The van der Waals surface area contributed by atoms with E-state index >= 15 is 0 Å². The molecule has 2 rings (SSSR count). The van der Waals surface area contributed by atoms with Crippen LogP contribution in [0, 0.1) is 0 Å². The number of hydrogen-bond donors (Lipinski definition) is 1. The van der Waals surface area contributed by atoms with Crippen molar-refractivity contribution in [1.29, 1.82) is 0 Å². The number of nitrogens with one attached hydrogen (secondary N) is 1. The quantitative estimate of drug-likeness (QED) is 0.897. The molecular formula is C13H18ClNO2. The van der Waals surface area contributed by atoms with Crippen LogP contribution in [0.2, 0.25) is 5.02 Å². The third-order valence-corrected chi connectivity index (χ3v) is 3.42. The predicted molar refractivity (Wildman–Crippen MR) is 69.3 cm³/mol. The Morgan fingerprint density at radius 2 is 2.18 bits per heavy atom. The lowest BCUT2D eigenvalue weighted by Gasteiger charge is -2.14. The topological polar surface area (TPSA) is 30.5 Å². The number of hydrogen-bond acceptors (Lipinski definition) is 3. The second kappa shape index (κ2) is 5.61. The van der Waals surface area contributed by atoms with Gasteiger partial charge in [-0.3, -0.25) is 0 Å². The number of benzene rings is 1. The molecule has 1 fully saturated rings. The second-order valence-electron chi connectivity index (χ2n) is 4.31. The predicted octanol–water partition coefficient (Wildman–Crippen LogP) is 2.65. The van der Waals surface area contributed by atoms with Gasteiger partial charge in [0.2, 0.25) is 0 Å². The Hall–Kier alpha value is -0.930. The molecule has 1 aromatic rings. The van der Waals surface area contributed by atoms with Crippen LogP contribution in [0.25, 0.3) is 0 Å². The van der Waals surface area contributed by atoms with Gasteiger partial charge in [0.1, 0.15) is 0 Å². The van der Waals surface area contributed by atoms with Gasteiger partial charge >= 0.3 is 0 Å². The molecular weight excluding hydrogens is 238 g/mol. The number of ether oxygens (including phenoxy) is 2. The van der Waals surface area contributed by atoms with Gasteiger partial charge in [-0.2, -0.15) is 0 Å². The Labute approximate surface area is 107 Å². The molecule has 1 N–H and O–H groups in total. The third-order valence-electron chi connectivity index (χ3n) is 3.14. The molecule has 94 valence electrons. The molecule has 0 radical (unpaired) electrons. The van der Waals surface area contributed by atoms with Crippen LogP contribution in [-0.4, -0.2) is 26.8 Å². The van der Waals surface area contributed by atoms with E-state index in [0.29, 0.717) is 22.6 Å². The summed E-state index contributed by atoms with van der Waals surface area (Å²) in [7, 11) is 3.23. The van der Waals surface area contributed by atoms with E-state index in [2.05, 4.69) is 5.32 Å². The minimum absolute atomic E-state index is 0.559. The fourth-order valence-corrected chi connectivity index (χ4v) is 2.62. The van der Waals surface area contributed by atoms with E-state index < -0.39 is 0 Å². The molecule has 1 atom stereocenters. The summed E-state index contributed by atoms with van der Waals surface area (Å²) in [4.78, 5) is 0. The maximum absolute atomic E-state index is 6.17. The van der Waals surface area contributed by atoms with E-state index in [1.54, 1.807) is 14.2 Å². The lowest BCUT2D eigenvalue weighted by Crippen LogP contribution is -2.23. The van der Waals surface area contributed by atoms with Gasteiger partial charge in [-0.05, 0) is 43.5 Å². The fraction of sp³-hybridized carbons (Fsp3) is 0.538. The Morgan fingerprint density at radius 1 is 1.35 bits per heavy atom. The maximum Gasteiger partial charge on any atom is 0.179 e. The molecule has 1 aliphatic rings. The largest absolute Gasteiger partial charge is 0.493 e. The second-order valence-corrected chi connectivity index (χ2v) is 4.72. The zero-order valence-electron chi connectivity index (χ0n) is 10.3. The van der Waals surface area contributed by atoms with Crippen LogP contribution < -0.4 is 14.8 Å². The molecule has 4 heteroatoms. The van der Waals surface area contributed by atoms with E-state index in [9.17, 15) is 0 Å². The Bertz CT molecular complexity index is 389. The van der Waals surface area contributed by atoms with E-state index in [4.69, 9.17) is 21.1 Å². The first-order valence-corrected chi connectivity index (χ1v) is 6.26. The zero-order valence-corrected chi connectivity index (χ0v) is 11.0. The molecule has 1 aromatic carbocycles. The van der Waals surface area contributed by atoms with Gasteiger partial charge in [0.15, 0.2) is 11.5 Å². The third kappa shape index (κ3) is 2.85. The summed E-state index contributed by atoms with van der Waals surface area (Å²) in [6.45, 7) is 1.12. The van der Waals surface area contributed by atoms with Crippen LogP contribution in [0.4, 0.5) is 0 Å². The van der Waals surface area contributed by atoms with Crippen LogP contribution in [0.15, 0.2) is 12.1 Å². The molecule has 17 heavy (non-hydrogen) atoms. The van der Waals surface area contributed by atoms with Crippen LogP contribution >= 0.6 is 11.6 Å². The molecule has 1 saturated heterocycles. The van der Waals surface area contributed by atoms with E-state index in [1.807, 2.05) is 12.1 Å². The minimum Gasteiger partial charge on any atom is -0.493 e. The van der Waals surface area contributed by atoms with Gasteiger partial charge < -0.3 is 14.8 Å². The Kier molecular flexibility index (Phi) is 4.13. The number of halogens is 1. The first-order valence-electron chi connectivity index (χ1n) is 5.88. The van der Waals surface area contributed by atoms with Crippen LogP contribution in [0.3, 0.4) is 0 Å². The van der Waals surface area contributed by atoms with Gasteiger partial charge in [0.05, 0.1) is 19.2 Å². The van der Waals surface area contributed by atoms with Crippen molar-refractivity contribution in [2.24, 2.45) is 0 Å². The smallest absolute Gasteiger partial charge is 0.179 e. The van der Waals surface area contributed by atoms with Gasteiger partial charge in [-0.15, -0.1) is 0 Å². The Morgan fingerprint density at radius 3 is 2.76 bits per heavy atom. The van der Waals surface area contributed by atoms with Crippen molar-refractivity contribution < 1.29 is 9.47 Å². The summed E-state index contributed by atoms with van der Waals surface area (Å²) in [6, 6.07) is 4.53. The normalized spacial score (nSPS) is 19.4. The molecule has 0 amide bonds. The van der Waals surface area contributed by atoms with Gasteiger partial charge in [-0.1, -0.05) is 11.6 Å². The van der Waals surface area contributed by atoms with Gasteiger partial charge in [0, 0.05) is 6.04 Å². The highest BCUT2D eigenvalue weighted by Crippen LogP contribution is 2.36.